The second-order valence-electron chi connectivity index (χ2n) is 3.22. The minimum Gasteiger partial charge on any atom is -0.383 e. The maximum absolute atomic E-state index is 5.58. The predicted octanol–water partition coefficient (Wildman–Crippen LogP) is 1.73. The molecule has 7 heteroatoms. The highest BCUT2D eigenvalue weighted by Crippen LogP contribution is 2.13. The summed E-state index contributed by atoms with van der Waals surface area (Å²) in [4.78, 5) is 8.13. The molecule has 84 valence electrons. The molecule has 0 amide bonds. The molecule has 0 aliphatic carbocycles. The van der Waals surface area contributed by atoms with Crippen LogP contribution >= 0.6 is 15.9 Å². The van der Waals surface area contributed by atoms with Crippen molar-refractivity contribution in [2.45, 2.75) is 13.5 Å². The summed E-state index contributed by atoms with van der Waals surface area (Å²) >= 11 is 3.24. The second kappa shape index (κ2) is 4.48. The van der Waals surface area contributed by atoms with E-state index in [1.165, 1.54) is 0 Å². The average molecular weight is 284 g/mol. The van der Waals surface area contributed by atoms with Gasteiger partial charge in [0.1, 0.15) is 21.9 Å². The van der Waals surface area contributed by atoms with Gasteiger partial charge in [0.05, 0.1) is 6.54 Å². The highest BCUT2D eigenvalue weighted by Gasteiger charge is 2.03. The van der Waals surface area contributed by atoms with E-state index in [2.05, 4.69) is 36.4 Å². The SMILES string of the molecule is Cc1cc(CNc2nc(N)cc(Br)n2)no1. The van der Waals surface area contributed by atoms with Gasteiger partial charge in [-0.25, -0.2) is 4.98 Å². The third kappa shape index (κ3) is 2.69. The lowest BCUT2D eigenvalue weighted by molar-refractivity contribution is 0.391. The zero-order valence-corrected chi connectivity index (χ0v) is 10.2. The Kier molecular flexibility index (Phi) is 3.04. The van der Waals surface area contributed by atoms with Gasteiger partial charge in [-0.05, 0) is 22.9 Å². The molecule has 0 atom stereocenters. The van der Waals surface area contributed by atoms with Crippen LogP contribution in [0.3, 0.4) is 0 Å². The summed E-state index contributed by atoms with van der Waals surface area (Å²) in [7, 11) is 0. The lowest BCUT2D eigenvalue weighted by Crippen LogP contribution is -2.05. The van der Waals surface area contributed by atoms with Crippen LogP contribution in [-0.4, -0.2) is 15.1 Å². The molecule has 2 aromatic heterocycles. The molecule has 6 nitrogen and oxygen atoms in total. The Hall–Kier alpha value is -1.63. The molecule has 0 unspecified atom stereocenters. The number of nitrogens with zero attached hydrogens (tertiary/aromatic N) is 3. The van der Waals surface area contributed by atoms with Crippen LogP contribution in [0.15, 0.2) is 21.3 Å². The zero-order valence-electron chi connectivity index (χ0n) is 8.57. The smallest absolute Gasteiger partial charge is 0.226 e. The van der Waals surface area contributed by atoms with Crippen LogP contribution in [0.1, 0.15) is 11.5 Å². The Morgan fingerprint density at radius 3 is 2.88 bits per heavy atom. The fourth-order valence-electron chi connectivity index (χ4n) is 1.18. The van der Waals surface area contributed by atoms with Crippen LogP contribution in [0.25, 0.3) is 0 Å². The number of nitrogens with one attached hydrogen (secondary N) is 1. The van der Waals surface area contributed by atoms with Crippen molar-refractivity contribution in [2.24, 2.45) is 0 Å². The van der Waals surface area contributed by atoms with Gasteiger partial charge in [0.2, 0.25) is 5.95 Å². The van der Waals surface area contributed by atoms with Gasteiger partial charge in [0, 0.05) is 12.1 Å². The molecule has 0 saturated carbocycles. The third-order valence-corrected chi connectivity index (χ3v) is 2.23. The molecule has 3 N–H and O–H groups in total. The van der Waals surface area contributed by atoms with Crippen molar-refractivity contribution in [3.8, 4) is 0 Å². The number of hydrogen-bond donors (Lipinski definition) is 2. The fourth-order valence-corrected chi connectivity index (χ4v) is 1.59. The average Bonchev–Trinajstić information content (AvgIpc) is 2.60. The topological polar surface area (TPSA) is 89.9 Å². The van der Waals surface area contributed by atoms with E-state index in [-0.39, 0.29) is 0 Å². The Morgan fingerprint density at radius 2 is 2.25 bits per heavy atom. The summed E-state index contributed by atoms with van der Waals surface area (Å²) in [6, 6.07) is 3.47. The third-order valence-electron chi connectivity index (χ3n) is 1.82. The fraction of sp³-hybridized carbons (Fsp3) is 0.222. The van der Waals surface area contributed by atoms with Crippen molar-refractivity contribution in [1.29, 1.82) is 0 Å². The minimum absolute atomic E-state index is 0.403. The molecule has 0 aliphatic heterocycles. The molecule has 2 aromatic rings. The summed E-state index contributed by atoms with van der Waals surface area (Å²) < 4.78 is 5.57. The Bertz CT molecular complexity index is 478. The largest absolute Gasteiger partial charge is 0.383 e. The molecule has 0 spiro atoms. The monoisotopic (exact) mass is 283 g/mol. The van der Waals surface area contributed by atoms with Gasteiger partial charge in [0.15, 0.2) is 0 Å². The van der Waals surface area contributed by atoms with E-state index in [4.69, 9.17) is 10.3 Å². The summed E-state index contributed by atoms with van der Waals surface area (Å²) in [5.74, 6) is 1.62. The van der Waals surface area contributed by atoms with E-state index in [1.54, 1.807) is 6.07 Å². The van der Waals surface area contributed by atoms with Gasteiger partial charge < -0.3 is 15.6 Å². The molecule has 0 aliphatic rings. The van der Waals surface area contributed by atoms with E-state index in [1.807, 2.05) is 13.0 Å². The number of nitrogen functional groups attached to an aromatic ring is 1. The molecular formula is C9H10BrN5O. The number of hydrogen-bond acceptors (Lipinski definition) is 6. The molecule has 0 bridgehead atoms. The van der Waals surface area contributed by atoms with Gasteiger partial charge in [-0.2, -0.15) is 4.98 Å². The van der Waals surface area contributed by atoms with Crippen molar-refractivity contribution in [1.82, 2.24) is 15.1 Å². The van der Waals surface area contributed by atoms with Crippen LogP contribution in [0, 0.1) is 6.92 Å². The first-order valence-electron chi connectivity index (χ1n) is 4.59. The van der Waals surface area contributed by atoms with Gasteiger partial charge >= 0.3 is 0 Å². The van der Waals surface area contributed by atoms with Crippen molar-refractivity contribution in [3.05, 3.63) is 28.2 Å². The molecule has 2 heterocycles. The summed E-state index contributed by atoms with van der Waals surface area (Å²) in [5.41, 5.74) is 6.37. The number of aryl methyl sites for hydroxylation is 1. The maximum Gasteiger partial charge on any atom is 0.226 e. The highest BCUT2D eigenvalue weighted by atomic mass is 79.9. The standard InChI is InChI=1S/C9H10BrN5O/c1-5-2-6(15-16-5)4-12-9-13-7(10)3-8(11)14-9/h2-3H,4H2,1H3,(H3,11,12,13,14). The first kappa shape index (κ1) is 10.9. The Labute approximate surface area is 100 Å². The molecule has 16 heavy (non-hydrogen) atoms. The molecule has 0 radical (unpaired) electrons. The van der Waals surface area contributed by atoms with E-state index >= 15 is 0 Å². The number of nitrogens with two attached hydrogens (primary N) is 1. The Morgan fingerprint density at radius 1 is 1.44 bits per heavy atom. The maximum atomic E-state index is 5.58. The molecule has 0 aromatic carbocycles. The van der Waals surface area contributed by atoms with Crippen LogP contribution in [0.4, 0.5) is 11.8 Å². The summed E-state index contributed by atoms with van der Waals surface area (Å²) in [5, 5.41) is 6.84. The van der Waals surface area contributed by atoms with Gasteiger partial charge in [-0.15, -0.1) is 0 Å². The van der Waals surface area contributed by atoms with Crippen molar-refractivity contribution in [3.63, 3.8) is 0 Å². The number of halogens is 1. The van der Waals surface area contributed by atoms with Crippen molar-refractivity contribution < 1.29 is 4.52 Å². The molecular weight excluding hydrogens is 274 g/mol. The van der Waals surface area contributed by atoms with Gasteiger partial charge in [-0.3, -0.25) is 0 Å². The second-order valence-corrected chi connectivity index (χ2v) is 4.03. The first-order chi connectivity index (χ1) is 7.63. The number of anilines is 2. The predicted molar refractivity (Wildman–Crippen MR) is 62.7 cm³/mol. The normalized spacial score (nSPS) is 10.4. The van der Waals surface area contributed by atoms with E-state index in [0.29, 0.717) is 22.9 Å². The van der Waals surface area contributed by atoms with Gasteiger partial charge in [0.25, 0.3) is 0 Å². The van der Waals surface area contributed by atoms with Crippen molar-refractivity contribution >= 4 is 27.7 Å². The van der Waals surface area contributed by atoms with Crippen LogP contribution < -0.4 is 11.1 Å². The first-order valence-corrected chi connectivity index (χ1v) is 5.39. The number of rotatable bonds is 3. The van der Waals surface area contributed by atoms with Gasteiger partial charge in [-0.1, -0.05) is 5.16 Å². The van der Waals surface area contributed by atoms with Crippen LogP contribution in [0.5, 0.6) is 0 Å². The van der Waals surface area contributed by atoms with Crippen LogP contribution in [0.2, 0.25) is 0 Å². The summed E-state index contributed by atoms with van der Waals surface area (Å²) in [6.45, 7) is 2.33. The molecule has 0 saturated heterocycles. The quantitative estimate of drug-likeness (QED) is 0.834. The van der Waals surface area contributed by atoms with E-state index in [9.17, 15) is 0 Å². The lowest BCUT2D eigenvalue weighted by atomic mass is 10.4. The summed E-state index contributed by atoms with van der Waals surface area (Å²) in [6.07, 6.45) is 0. The molecule has 0 fully saturated rings. The minimum atomic E-state index is 0.403. The van der Waals surface area contributed by atoms with E-state index in [0.717, 1.165) is 11.5 Å². The van der Waals surface area contributed by atoms with E-state index < -0.39 is 0 Å². The molecule has 2 rings (SSSR count). The van der Waals surface area contributed by atoms with Crippen LogP contribution in [-0.2, 0) is 6.54 Å². The lowest BCUT2D eigenvalue weighted by Gasteiger charge is -2.03. The Balaban J connectivity index is 2.04. The zero-order chi connectivity index (χ0) is 11.5. The van der Waals surface area contributed by atoms with Crippen molar-refractivity contribution in [2.75, 3.05) is 11.1 Å². The highest BCUT2D eigenvalue weighted by molar-refractivity contribution is 9.10. The number of aromatic nitrogens is 3.